The van der Waals surface area contributed by atoms with Crippen LogP contribution in [0.1, 0.15) is 27.4 Å². The van der Waals surface area contributed by atoms with Gasteiger partial charge < -0.3 is 5.73 Å². The zero-order chi connectivity index (χ0) is 11.8. The molecule has 18 heavy (non-hydrogen) atoms. The minimum Gasteiger partial charge on any atom is -0.320 e. The predicted molar refractivity (Wildman–Crippen MR) is 74.3 cm³/mol. The topological polar surface area (TPSA) is 43.1 Å². The molecule has 2 atom stereocenters. The first kappa shape index (κ1) is 12.8. The largest absolute Gasteiger partial charge is 0.320 e. The van der Waals surface area contributed by atoms with Crippen molar-refractivity contribution < 1.29 is 4.79 Å². The number of rotatable bonds is 1. The molecule has 0 spiro atoms. The third-order valence-electron chi connectivity index (χ3n) is 3.38. The summed E-state index contributed by atoms with van der Waals surface area (Å²) in [5.74, 6) is 0.0503. The Balaban J connectivity index is 0.00000120. The van der Waals surface area contributed by atoms with E-state index in [2.05, 4.69) is 0 Å². The molecule has 3 heteroatoms. The molecular weight excluding hydrogens is 246 g/mol. The van der Waals surface area contributed by atoms with Gasteiger partial charge in [-0.3, -0.25) is 4.79 Å². The molecular formula is C15H14ClNO. The summed E-state index contributed by atoms with van der Waals surface area (Å²) < 4.78 is 0. The predicted octanol–water partition coefficient (Wildman–Crippen LogP) is 2.76. The van der Waals surface area contributed by atoms with Gasteiger partial charge in [-0.05, 0) is 11.1 Å². The van der Waals surface area contributed by atoms with Crippen molar-refractivity contribution in [2.75, 3.05) is 0 Å². The van der Waals surface area contributed by atoms with Crippen LogP contribution < -0.4 is 5.73 Å². The van der Waals surface area contributed by atoms with Gasteiger partial charge in [0.15, 0.2) is 5.78 Å². The summed E-state index contributed by atoms with van der Waals surface area (Å²) in [5, 5.41) is 0. The maximum atomic E-state index is 12.1. The van der Waals surface area contributed by atoms with Crippen LogP contribution in [-0.4, -0.2) is 11.8 Å². The van der Waals surface area contributed by atoms with Crippen molar-refractivity contribution in [3.63, 3.8) is 0 Å². The number of halogens is 1. The number of benzene rings is 2. The summed E-state index contributed by atoms with van der Waals surface area (Å²) in [6.07, 6.45) is 0. The molecule has 2 unspecified atom stereocenters. The Labute approximate surface area is 112 Å². The van der Waals surface area contributed by atoms with E-state index >= 15 is 0 Å². The van der Waals surface area contributed by atoms with Crippen molar-refractivity contribution in [3.8, 4) is 0 Å². The van der Waals surface area contributed by atoms with Gasteiger partial charge in [0.2, 0.25) is 0 Å². The van der Waals surface area contributed by atoms with E-state index in [0.717, 1.165) is 16.7 Å². The molecule has 0 aliphatic heterocycles. The second kappa shape index (κ2) is 4.92. The number of Topliss-reactive ketones (excluding diaryl/α,β-unsaturated/α-hetero) is 1. The zero-order valence-electron chi connectivity index (χ0n) is 9.74. The monoisotopic (exact) mass is 259 g/mol. The first-order valence-electron chi connectivity index (χ1n) is 5.72. The van der Waals surface area contributed by atoms with Crippen molar-refractivity contribution >= 4 is 18.2 Å². The Morgan fingerprint density at radius 1 is 0.889 bits per heavy atom. The van der Waals surface area contributed by atoms with Crippen molar-refractivity contribution in [2.24, 2.45) is 5.73 Å². The molecule has 0 bridgehead atoms. The van der Waals surface area contributed by atoms with Crippen molar-refractivity contribution in [1.82, 2.24) is 0 Å². The third-order valence-corrected chi connectivity index (χ3v) is 3.38. The third kappa shape index (κ3) is 1.84. The van der Waals surface area contributed by atoms with Crippen molar-refractivity contribution in [2.45, 2.75) is 12.0 Å². The van der Waals surface area contributed by atoms with Gasteiger partial charge >= 0.3 is 0 Å². The summed E-state index contributed by atoms with van der Waals surface area (Å²) in [6.45, 7) is 0. The molecule has 2 nitrogen and oxygen atoms in total. The molecule has 92 valence electrons. The number of fused-ring (bicyclic) bond motifs is 1. The number of ketones is 1. The van der Waals surface area contributed by atoms with Crippen LogP contribution in [-0.2, 0) is 0 Å². The number of hydrogen-bond acceptors (Lipinski definition) is 2. The highest BCUT2D eigenvalue weighted by Gasteiger charge is 2.37. The van der Waals surface area contributed by atoms with Gasteiger partial charge in [-0.1, -0.05) is 54.6 Å². The zero-order valence-corrected chi connectivity index (χ0v) is 10.6. The summed E-state index contributed by atoms with van der Waals surface area (Å²) in [4.78, 5) is 12.1. The Hall–Kier alpha value is -1.64. The second-order valence-corrected chi connectivity index (χ2v) is 4.37. The van der Waals surface area contributed by atoms with E-state index in [4.69, 9.17) is 5.73 Å². The lowest BCUT2D eigenvalue weighted by Crippen LogP contribution is -2.31. The number of nitrogens with two attached hydrogens (primary N) is 1. The highest BCUT2D eigenvalue weighted by molar-refractivity contribution is 6.06. The normalized spacial score (nSPS) is 21.3. The molecule has 2 aromatic rings. The molecule has 3 rings (SSSR count). The van der Waals surface area contributed by atoms with E-state index < -0.39 is 6.04 Å². The summed E-state index contributed by atoms with van der Waals surface area (Å²) >= 11 is 0. The second-order valence-electron chi connectivity index (χ2n) is 4.37. The van der Waals surface area contributed by atoms with Crippen molar-refractivity contribution in [3.05, 3.63) is 71.3 Å². The van der Waals surface area contributed by atoms with Crippen LogP contribution in [0.2, 0.25) is 0 Å². The Kier molecular flexibility index (Phi) is 3.50. The molecule has 0 saturated heterocycles. The fourth-order valence-electron chi connectivity index (χ4n) is 2.56. The first-order chi connectivity index (χ1) is 8.29. The molecule has 1 aliphatic carbocycles. The van der Waals surface area contributed by atoms with Gasteiger partial charge in [0.05, 0.1) is 6.04 Å². The lowest BCUT2D eigenvalue weighted by molar-refractivity contribution is 0.0970. The van der Waals surface area contributed by atoms with Crippen LogP contribution in [0.25, 0.3) is 0 Å². The SMILES string of the molecule is Cl.NC1C(=O)c2ccccc2C1c1ccccc1. The van der Waals surface area contributed by atoms with Crippen molar-refractivity contribution in [1.29, 1.82) is 0 Å². The maximum Gasteiger partial charge on any atom is 0.180 e. The van der Waals surface area contributed by atoms with Crippen LogP contribution in [0.3, 0.4) is 0 Å². The van der Waals surface area contributed by atoms with Crippen LogP contribution in [0.4, 0.5) is 0 Å². The van der Waals surface area contributed by atoms with Gasteiger partial charge in [-0.15, -0.1) is 12.4 Å². The van der Waals surface area contributed by atoms with E-state index in [-0.39, 0.29) is 24.1 Å². The molecule has 2 N–H and O–H groups in total. The molecule has 0 aromatic heterocycles. The maximum absolute atomic E-state index is 12.1. The molecule has 0 heterocycles. The van der Waals surface area contributed by atoms with Gasteiger partial charge in [0.25, 0.3) is 0 Å². The summed E-state index contributed by atoms with van der Waals surface area (Å²) in [6, 6.07) is 17.2. The first-order valence-corrected chi connectivity index (χ1v) is 5.72. The van der Waals surface area contributed by atoms with E-state index in [9.17, 15) is 4.79 Å². The number of carbonyl (C=O) groups excluding carboxylic acids is 1. The molecule has 0 saturated carbocycles. The quantitative estimate of drug-likeness (QED) is 0.856. The lowest BCUT2D eigenvalue weighted by Gasteiger charge is -2.15. The highest BCUT2D eigenvalue weighted by Crippen LogP contribution is 2.36. The minimum atomic E-state index is -0.449. The summed E-state index contributed by atoms with van der Waals surface area (Å²) in [5.41, 5.74) is 8.99. The molecule has 2 aromatic carbocycles. The fraction of sp³-hybridized carbons (Fsp3) is 0.133. The number of hydrogen-bond donors (Lipinski definition) is 1. The molecule has 0 amide bonds. The fourth-order valence-corrected chi connectivity index (χ4v) is 2.56. The molecule has 0 radical (unpaired) electrons. The minimum absolute atomic E-state index is 0. The average Bonchev–Trinajstić information content (AvgIpc) is 2.64. The van der Waals surface area contributed by atoms with Crippen LogP contribution in [0.15, 0.2) is 54.6 Å². The van der Waals surface area contributed by atoms with Gasteiger partial charge in [-0.2, -0.15) is 0 Å². The van der Waals surface area contributed by atoms with E-state index in [0.29, 0.717) is 0 Å². The lowest BCUT2D eigenvalue weighted by atomic mass is 9.90. The smallest absolute Gasteiger partial charge is 0.180 e. The Morgan fingerprint density at radius 3 is 2.22 bits per heavy atom. The van der Waals surface area contributed by atoms with Gasteiger partial charge in [0.1, 0.15) is 0 Å². The molecule has 1 aliphatic rings. The van der Waals surface area contributed by atoms with E-state index in [1.54, 1.807) is 0 Å². The van der Waals surface area contributed by atoms with Gasteiger partial charge in [0, 0.05) is 11.5 Å². The van der Waals surface area contributed by atoms with Crippen LogP contribution in [0, 0.1) is 0 Å². The summed E-state index contributed by atoms with van der Waals surface area (Å²) in [7, 11) is 0. The highest BCUT2D eigenvalue weighted by atomic mass is 35.5. The van der Waals surface area contributed by atoms with Gasteiger partial charge in [-0.25, -0.2) is 0 Å². The number of carbonyl (C=O) groups is 1. The average molecular weight is 260 g/mol. The van der Waals surface area contributed by atoms with Crippen LogP contribution >= 0.6 is 12.4 Å². The van der Waals surface area contributed by atoms with E-state index in [1.165, 1.54) is 0 Å². The Bertz CT molecular complexity index is 568. The standard InChI is InChI=1S/C15H13NO.ClH/c16-14-13(10-6-2-1-3-7-10)11-8-4-5-9-12(11)15(14)17;/h1-9,13-14H,16H2;1H. The van der Waals surface area contributed by atoms with E-state index in [1.807, 2.05) is 54.6 Å². The van der Waals surface area contributed by atoms with Crippen LogP contribution in [0.5, 0.6) is 0 Å². The molecule has 0 fully saturated rings. The Morgan fingerprint density at radius 2 is 1.50 bits per heavy atom.